The van der Waals surface area contributed by atoms with Crippen molar-refractivity contribution >= 4 is 5.82 Å². The van der Waals surface area contributed by atoms with Crippen molar-refractivity contribution in [2.75, 3.05) is 44.3 Å². The Balaban J connectivity index is 1.83. The van der Waals surface area contributed by atoms with Gasteiger partial charge in [0.15, 0.2) is 5.82 Å². The molecule has 0 aromatic carbocycles. The standard InChI is InChI=1S/C12H19N5O/c1-7-18-8-2-10(1)11-12(14-9-15-16-11)17-5-3-13-4-6-17/h9-10,13H,1-8H2. The minimum atomic E-state index is 0.449. The van der Waals surface area contributed by atoms with E-state index in [1.807, 2.05) is 0 Å². The summed E-state index contributed by atoms with van der Waals surface area (Å²) in [7, 11) is 0. The van der Waals surface area contributed by atoms with Gasteiger partial charge in [-0.3, -0.25) is 0 Å². The molecule has 18 heavy (non-hydrogen) atoms. The summed E-state index contributed by atoms with van der Waals surface area (Å²) in [5, 5.41) is 11.7. The molecule has 2 saturated heterocycles. The van der Waals surface area contributed by atoms with Crippen molar-refractivity contribution in [3.63, 3.8) is 0 Å². The molecule has 1 aromatic heterocycles. The molecule has 3 rings (SSSR count). The molecule has 3 heterocycles. The van der Waals surface area contributed by atoms with Crippen LogP contribution in [0.1, 0.15) is 24.5 Å². The van der Waals surface area contributed by atoms with Gasteiger partial charge in [-0.15, -0.1) is 10.2 Å². The van der Waals surface area contributed by atoms with Gasteiger partial charge in [0.05, 0.1) is 0 Å². The van der Waals surface area contributed by atoms with Gasteiger partial charge in [0.1, 0.15) is 12.0 Å². The molecule has 0 atom stereocenters. The first kappa shape index (κ1) is 11.8. The Bertz CT molecular complexity index is 351. The third-order valence-corrected chi connectivity index (χ3v) is 3.65. The summed E-state index contributed by atoms with van der Waals surface area (Å²) < 4.78 is 5.41. The van der Waals surface area contributed by atoms with Crippen LogP contribution in [0.4, 0.5) is 5.82 Å². The summed E-state index contributed by atoms with van der Waals surface area (Å²) in [5.74, 6) is 1.48. The Labute approximate surface area is 107 Å². The molecule has 2 fully saturated rings. The van der Waals surface area contributed by atoms with Gasteiger partial charge in [-0.25, -0.2) is 4.98 Å². The number of piperazine rings is 1. The highest BCUT2D eigenvalue weighted by atomic mass is 16.5. The number of hydrogen-bond acceptors (Lipinski definition) is 6. The molecule has 1 N–H and O–H groups in total. The van der Waals surface area contributed by atoms with E-state index < -0.39 is 0 Å². The van der Waals surface area contributed by atoms with Gasteiger partial charge in [-0.05, 0) is 12.8 Å². The van der Waals surface area contributed by atoms with E-state index in [0.29, 0.717) is 5.92 Å². The molecular formula is C12H19N5O. The zero-order chi connectivity index (χ0) is 12.2. The number of nitrogens with zero attached hydrogens (tertiary/aromatic N) is 4. The third-order valence-electron chi connectivity index (χ3n) is 3.65. The Morgan fingerprint density at radius 1 is 1.22 bits per heavy atom. The fourth-order valence-electron chi connectivity index (χ4n) is 2.63. The fraction of sp³-hybridized carbons (Fsp3) is 0.750. The van der Waals surface area contributed by atoms with Crippen LogP contribution < -0.4 is 10.2 Å². The predicted molar refractivity (Wildman–Crippen MR) is 67.7 cm³/mol. The molecule has 0 radical (unpaired) electrons. The maximum Gasteiger partial charge on any atom is 0.154 e. The number of hydrogen-bond donors (Lipinski definition) is 1. The first-order valence-corrected chi connectivity index (χ1v) is 6.66. The Hall–Kier alpha value is -1.27. The second-order valence-corrected chi connectivity index (χ2v) is 4.79. The van der Waals surface area contributed by atoms with Crippen LogP contribution in [0, 0.1) is 0 Å². The molecule has 0 spiro atoms. The van der Waals surface area contributed by atoms with Gasteiger partial charge in [-0.1, -0.05) is 0 Å². The van der Waals surface area contributed by atoms with Gasteiger partial charge < -0.3 is 15.0 Å². The van der Waals surface area contributed by atoms with Crippen LogP contribution in [0.5, 0.6) is 0 Å². The molecule has 0 amide bonds. The van der Waals surface area contributed by atoms with Crippen molar-refractivity contribution in [3.05, 3.63) is 12.0 Å². The first-order chi connectivity index (χ1) is 8.95. The molecule has 0 unspecified atom stereocenters. The summed E-state index contributed by atoms with van der Waals surface area (Å²) >= 11 is 0. The maximum absolute atomic E-state index is 5.41. The number of anilines is 1. The van der Waals surface area contributed by atoms with Gasteiger partial charge in [0, 0.05) is 45.3 Å². The molecule has 98 valence electrons. The Morgan fingerprint density at radius 2 is 2.00 bits per heavy atom. The zero-order valence-electron chi connectivity index (χ0n) is 10.5. The van der Waals surface area contributed by atoms with Gasteiger partial charge >= 0.3 is 0 Å². The van der Waals surface area contributed by atoms with Crippen molar-refractivity contribution in [2.24, 2.45) is 0 Å². The highest BCUT2D eigenvalue weighted by Crippen LogP contribution is 2.30. The molecule has 0 aliphatic carbocycles. The molecule has 2 aliphatic rings. The molecular weight excluding hydrogens is 230 g/mol. The topological polar surface area (TPSA) is 63.2 Å². The lowest BCUT2D eigenvalue weighted by molar-refractivity contribution is 0.0843. The average molecular weight is 249 g/mol. The molecule has 6 heteroatoms. The van der Waals surface area contributed by atoms with Crippen molar-refractivity contribution < 1.29 is 4.74 Å². The van der Waals surface area contributed by atoms with Crippen molar-refractivity contribution in [2.45, 2.75) is 18.8 Å². The van der Waals surface area contributed by atoms with E-state index in [1.165, 1.54) is 0 Å². The lowest BCUT2D eigenvalue weighted by Gasteiger charge is -2.31. The number of aromatic nitrogens is 3. The Morgan fingerprint density at radius 3 is 2.78 bits per heavy atom. The summed E-state index contributed by atoms with van der Waals surface area (Å²) in [5.41, 5.74) is 1.06. The van der Waals surface area contributed by atoms with Crippen LogP contribution in [-0.2, 0) is 4.74 Å². The smallest absolute Gasteiger partial charge is 0.154 e. The first-order valence-electron chi connectivity index (χ1n) is 6.66. The summed E-state index contributed by atoms with van der Waals surface area (Å²) in [4.78, 5) is 6.78. The quantitative estimate of drug-likeness (QED) is 0.806. The second-order valence-electron chi connectivity index (χ2n) is 4.79. The van der Waals surface area contributed by atoms with Crippen LogP contribution in [0.2, 0.25) is 0 Å². The molecule has 6 nitrogen and oxygen atoms in total. The maximum atomic E-state index is 5.41. The zero-order valence-corrected chi connectivity index (χ0v) is 10.5. The predicted octanol–water partition coefficient (Wildman–Crippen LogP) is 0.175. The SMILES string of the molecule is c1nnc(C2CCOCC2)c(N2CCNCC2)n1. The summed E-state index contributed by atoms with van der Waals surface area (Å²) in [6.45, 7) is 5.66. The lowest BCUT2D eigenvalue weighted by Crippen LogP contribution is -2.44. The minimum Gasteiger partial charge on any atom is -0.381 e. The summed E-state index contributed by atoms with van der Waals surface area (Å²) in [6.07, 6.45) is 3.61. The van der Waals surface area contributed by atoms with Gasteiger partial charge in [-0.2, -0.15) is 0 Å². The molecule has 0 saturated carbocycles. The molecule has 2 aliphatic heterocycles. The number of nitrogens with one attached hydrogen (secondary N) is 1. The fourth-order valence-corrected chi connectivity index (χ4v) is 2.63. The molecule has 1 aromatic rings. The highest BCUT2D eigenvalue weighted by Gasteiger charge is 2.24. The average Bonchev–Trinajstić information content (AvgIpc) is 2.49. The lowest BCUT2D eigenvalue weighted by atomic mass is 9.96. The van der Waals surface area contributed by atoms with E-state index in [9.17, 15) is 0 Å². The van der Waals surface area contributed by atoms with Gasteiger partial charge in [0.25, 0.3) is 0 Å². The van der Waals surface area contributed by atoms with Crippen LogP contribution in [-0.4, -0.2) is 54.6 Å². The Kier molecular flexibility index (Phi) is 3.66. The summed E-state index contributed by atoms with van der Waals surface area (Å²) in [6, 6.07) is 0. The number of ether oxygens (including phenoxy) is 1. The van der Waals surface area contributed by atoms with Gasteiger partial charge in [0.2, 0.25) is 0 Å². The van der Waals surface area contributed by atoms with Crippen molar-refractivity contribution in [3.8, 4) is 0 Å². The van der Waals surface area contributed by atoms with E-state index in [2.05, 4.69) is 25.4 Å². The van der Waals surface area contributed by atoms with Crippen molar-refractivity contribution in [1.82, 2.24) is 20.5 Å². The van der Waals surface area contributed by atoms with Crippen LogP contribution in [0.3, 0.4) is 0 Å². The number of rotatable bonds is 2. The second kappa shape index (κ2) is 5.58. The van der Waals surface area contributed by atoms with E-state index >= 15 is 0 Å². The van der Waals surface area contributed by atoms with Crippen LogP contribution >= 0.6 is 0 Å². The van der Waals surface area contributed by atoms with Crippen LogP contribution in [0.15, 0.2) is 6.33 Å². The van der Waals surface area contributed by atoms with Crippen molar-refractivity contribution in [1.29, 1.82) is 0 Å². The normalized spacial score (nSPS) is 22.1. The van der Waals surface area contributed by atoms with E-state index in [1.54, 1.807) is 6.33 Å². The molecule has 0 bridgehead atoms. The largest absolute Gasteiger partial charge is 0.381 e. The minimum absolute atomic E-state index is 0.449. The monoisotopic (exact) mass is 249 g/mol. The van der Waals surface area contributed by atoms with E-state index in [4.69, 9.17) is 4.74 Å². The third kappa shape index (κ3) is 2.44. The van der Waals surface area contributed by atoms with E-state index in [-0.39, 0.29) is 0 Å². The van der Waals surface area contributed by atoms with E-state index in [0.717, 1.165) is 63.7 Å². The highest BCUT2D eigenvalue weighted by molar-refractivity contribution is 5.44. The van der Waals surface area contributed by atoms with Crippen LogP contribution in [0.25, 0.3) is 0 Å².